The molecule has 0 aliphatic heterocycles. The van der Waals surface area contributed by atoms with E-state index >= 15 is 0 Å². The molecule has 0 aliphatic carbocycles. The quantitative estimate of drug-likeness (QED) is 0.779. The van der Waals surface area contributed by atoms with E-state index in [0.29, 0.717) is 0 Å². The maximum atomic E-state index is 4.20. The van der Waals surface area contributed by atoms with E-state index in [1.807, 2.05) is 19.3 Å². The number of hydrogen-bond acceptors (Lipinski definition) is 2. The van der Waals surface area contributed by atoms with Gasteiger partial charge in [-0.15, -0.1) is 0 Å². The van der Waals surface area contributed by atoms with E-state index in [4.69, 9.17) is 0 Å². The summed E-state index contributed by atoms with van der Waals surface area (Å²) in [5.41, 5.74) is 0.253. The average Bonchev–Trinajstić information content (AvgIpc) is 2.51. The lowest BCUT2D eigenvalue weighted by Crippen LogP contribution is -2.40. The van der Waals surface area contributed by atoms with Crippen LogP contribution in [0.25, 0.3) is 0 Å². The maximum absolute atomic E-state index is 4.20. The van der Waals surface area contributed by atoms with Crippen molar-refractivity contribution >= 4 is 0 Å². The fourth-order valence-corrected chi connectivity index (χ4v) is 1.87. The number of nitrogens with one attached hydrogen (secondary N) is 1. The van der Waals surface area contributed by atoms with Crippen LogP contribution in [0.5, 0.6) is 0 Å². The Morgan fingerprint density at radius 2 is 2.20 bits per heavy atom. The van der Waals surface area contributed by atoms with E-state index in [0.717, 1.165) is 18.9 Å². The number of imidazole rings is 1. The third-order valence-electron chi connectivity index (χ3n) is 2.75. The summed E-state index contributed by atoms with van der Waals surface area (Å²) in [6.07, 6.45) is 6.33. The minimum absolute atomic E-state index is 0.253. The van der Waals surface area contributed by atoms with E-state index in [1.54, 1.807) is 0 Å². The monoisotopic (exact) mass is 209 g/mol. The largest absolute Gasteiger partial charge is 0.334 e. The van der Waals surface area contributed by atoms with Gasteiger partial charge in [-0.05, 0) is 27.2 Å². The highest BCUT2D eigenvalue weighted by molar-refractivity contribution is 4.88. The second-order valence-corrected chi connectivity index (χ2v) is 4.73. The fourth-order valence-electron chi connectivity index (χ4n) is 1.87. The predicted molar refractivity (Wildman–Crippen MR) is 64.0 cm³/mol. The molecule has 0 fully saturated rings. The molecule has 0 spiro atoms. The molecule has 0 bridgehead atoms. The van der Waals surface area contributed by atoms with Crippen LogP contribution in [0.4, 0.5) is 0 Å². The van der Waals surface area contributed by atoms with Gasteiger partial charge in [-0.2, -0.15) is 0 Å². The Morgan fingerprint density at radius 1 is 1.47 bits per heavy atom. The van der Waals surface area contributed by atoms with Crippen molar-refractivity contribution in [2.75, 3.05) is 6.54 Å². The number of aromatic nitrogens is 2. The molecular weight excluding hydrogens is 186 g/mol. The summed E-state index contributed by atoms with van der Waals surface area (Å²) in [5, 5.41) is 3.58. The second-order valence-electron chi connectivity index (χ2n) is 4.73. The summed E-state index contributed by atoms with van der Waals surface area (Å²) in [5.74, 6) is 1.09. The van der Waals surface area contributed by atoms with Crippen LogP contribution in [-0.2, 0) is 6.54 Å². The highest BCUT2D eigenvalue weighted by Gasteiger charge is 2.14. The lowest BCUT2D eigenvalue weighted by Gasteiger charge is -2.26. The zero-order chi connectivity index (χ0) is 11.3. The first-order valence-electron chi connectivity index (χ1n) is 5.78. The number of hydrogen-bond donors (Lipinski definition) is 1. The van der Waals surface area contributed by atoms with Crippen molar-refractivity contribution in [2.45, 2.75) is 52.6 Å². The van der Waals surface area contributed by atoms with Crippen molar-refractivity contribution < 1.29 is 0 Å². The third-order valence-corrected chi connectivity index (χ3v) is 2.75. The molecule has 1 N–H and O–H groups in total. The minimum Gasteiger partial charge on any atom is -0.334 e. The average molecular weight is 209 g/mol. The molecule has 0 radical (unpaired) electrons. The fraction of sp³-hybridized carbons (Fsp3) is 0.750. The summed E-state index contributed by atoms with van der Waals surface area (Å²) in [6.45, 7) is 10.8. The first-order chi connectivity index (χ1) is 7.05. The molecule has 0 saturated carbocycles. The van der Waals surface area contributed by atoms with Gasteiger partial charge in [-0.3, -0.25) is 0 Å². The Bertz CT molecular complexity index is 289. The Hall–Kier alpha value is -0.830. The molecule has 3 heteroatoms. The minimum atomic E-state index is 0.253. The zero-order valence-electron chi connectivity index (χ0n) is 10.4. The summed E-state index contributed by atoms with van der Waals surface area (Å²) in [4.78, 5) is 4.20. The van der Waals surface area contributed by atoms with Gasteiger partial charge in [0, 0.05) is 31.0 Å². The second kappa shape index (κ2) is 5.31. The van der Waals surface area contributed by atoms with Crippen LogP contribution in [0, 0.1) is 6.92 Å². The highest BCUT2D eigenvalue weighted by atomic mass is 15.1. The van der Waals surface area contributed by atoms with Gasteiger partial charge < -0.3 is 9.88 Å². The van der Waals surface area contributed by atoms with Gasteiger partial charge in [0.2, 0.25) is 0 Å². The molecular formula is C12H23N3. The Kier molecular flexibility index (Phi) is 4.33. The smallest absolute Gasteiger partial charge is 0.105 e. The van der Waals surface area contributed by atoms with Gasteiger partial charge >= 0.3 is 0 Å². The molecule has 1 heterocycles. The molecule has 0 aliphatic rings. The van der Waals surface area contributed by atoms with Gasteiger partial charge in [-0.25, -0.2) is 4.98 Å². The van der Waals surface area contributed by atoms with Gasteiger partial charge in [0.15, 0.2) is 0 Å². The summed E-state index contributed by atoms with van der Waals surface area (Å²) < 4.78 is 2.18. The first kappa shape index (κ1) is 12.2. The first-order valence-corrected chi connectivity index (χ1v) is 5.78. The van der Waals surface area contributed by atoms with E-state index < -0.39 is 0 Å². The van der Waals surface area contributed by atoms with Gasteiger partial charge in [0.25, 0.3) is 0 Å². The van der Waals surface area contributed by atoms with Crippen LogP contribution in [0.2, 0.25) is 0 Å². The van der Waals surface area contributed by atoms with Crippen molar-refractivity contribution in [3.8, 4) is 0 Å². The molecule has 1 aromatic rings. The molecule has 15 heavy (non-hydrogen) atoms. The van der Waals surface area contributed by atoms with Gasteiger partial charge in [-0.1, -0.05) is 13.3 Å². The third kappa shape index (κ3) is 4.04. The topological polar surface area (TPSA) is 29.9 Å². The van der Waals surface area contributed by atoms with Crippen LogP contribution in [0.15, 0.2) is 12.4 Å². The SMILES string of the molecule is CCCC(C)(C)NCCn1ccnc1C. The maximum Gasteiger partial charge on any atom is 0.105 e. The van der Waals surface area contributed by atoms with E-state index in [9.17, 15) is 0 Å². The molecule has 0 atom stereocenters. The number of rotatable bonds is 6. The molecule has 0 aromatic carbocycles. The molecule has 1 aromatic heterocycles. The van der Waals surface area contributed by atoms with Crippen LogP contribution in [0.1, 0.15) is 39.4 Å². The molecule has 0 unspecified atom stereocenters. The van der Waals surface area contributed by atoms with Gasteiger partial charge in [0.05, 0.1) is 0 Å². The van der Waals surface area contributed by atoms with Crippen molar-refractivity contribution in [1.29, 1.82) is 0 Å². The Labute approximate surface area is 92.9 Å². The molecule has 3 nitrogen and oxygen atoms in total. The Balaban J connectivity index is 2.30. The molecule has 1 rings (SSSR count). The van der Waals surface area contributed by atoms with E-state index in [-0.39, 0.29) is 5.54 Å². The zero-order valence-corrected chi connectivity index (χ0v) is 10.4. The standard InChI is InChI=1S/C12H23N3/c1-5-6-12(3,4)14-8-10-15-9-7-13-11(15)2/h7,9,14H,5-6,8,10H2,1-4H3. The van der Waals surface area contributed by atoms with Crippen LogP contribution < -0.4 is 5.32 Å². The van der Waals surface area contributed by atoms with Gasteiger partial charge in [0.1, 0.15) is 5.82 Å². The molecule has 0 amide bonds. The van der Waals surface area contributed by atoms with Crippen LogP contribution >= 0.6 is 0 Å². The number of nitrogens with zero attached hydrogens (tertiary/aromatic N) is 2. The van der Waals surface area contributed by atoms with E-state index in [1.165, 1.54) is 12.8 Å². The lowest BCUT2D eigenvalue weighted by atomic mass is 9.99. The number of aryl methyl sites for hydroxylation is 1. The van der Waals surface area contributed by atoms with Crippen LogP contribution in [0.3, 0.4) is 0 Å². The predicted octanol–water partition coefficient (Wildman–Crippen LogP) is 2.36. The normalized spacial score (nSPS) is 12.0. The lowest BCUT2D eigenvalue weighted by molar-refractivity contribution is 0.351. The Morgan fingerprint density at radius 3 is 2.73 bits per heavy atom. The highest BCUT2D eigenvalue weighted by Crippen LogP contribution is 2.10. The van der Waals surface area contributed by atoms with E-state index in [2.05, 4.69) is 35.6 Å². The van der Waals surface area contributed by atoms with Crippen molar-refractivity contribution in [3.63, 3.8) is 0 Å². The van der Waals surface area contributed by atoms with Crippen molar-refractivity contribution in [3.05, 3.63) is 18.2 Å². The van der Waals surface area contributed by atoms with Crippen LogP contribution in [-0.4, -0.2) is 21.6 Å². The summed E-state index contributed by atoms with van der Waals surface area (Å²) in [6, 6.07) is 0. The summed E-state index contributed by atoms with van der Waals surface area (Å²) in [7, 11) is 0. The van der Waals surface area contributed by atoms with Crippen molar-refractivity contribution in [1.82, 2.24) is 14.9 Å². The van der Waals surface area contributed by atoms with Crippen molar-refractivity contribution in [2.24, 2.45) is 0 Å². The summed E-state index contributed by atoms with van der Waals surface area (Å²) >= 11 is 0. The molecule has 86 valence electrons. The molecule has 0 saturated heterocycles.